The minimum Gasteiger partial charge on any atom is -0.493 e. The zero-order valence-corrected chi connectivity index (χ0v) is 14.4. The van der Waals surface area contributed by atoms with Gasteiger partial charge < -0.3 is 9.64 Å². The maximum atomic E-state index is 6.04. The molecule has 2 aromatic carbocycles. The molecule has 122 valence electrons. The van der Waals surface area contributed by atoms with Gasteiger partial charge in [-0.15, -0.1) is 0 Å². The molecular weight excluding hydrogens is 306 g/mol. The number of halogens is 1. The van der Waals surface area contributed by atoms with Crippen LogP contribution >= 0.6 is 11.6 Å². The highest BCUT2D eigenvalue weighted by Crippen LogP contribution is 2.20. The molecule has 23 heavy (non-hydrogen) atoms. The molecule has 0 spiro atoms. The van der Waals surface area contributed by atoms with E-state index in [4.69, 9.17) is 16.3 Å². The zero-order chi connectivity index (χ0) is 16.1. The Hall–Kier alpha value is -1.51. The largest absolute Gasteiger partial charge is 0.493 e. The van der Waals surface area contributed by atoms with E-state index in [1.54, 1.807) is 0 Å². The molecule has 0 aliphatic carbocycles. The lowest BCUT2D eigenvalue weighted by Crippen LogP contribution is -2.24. The SMILES string of the molecule is Cc1ccc(OCC2CCN(CCc3cccc(Cl)c3)C2)cc1. The van der Waals surface area contributed by atoms with Gasteiger partial charge in [0.05, 0.1) is 6.61 Å². The lowest BCUT2D eigenvalue weighted by atomic mass is 10.1. The van der Waals surface area contributed by atoms with Gasteiger partial charge in [-0.25, -0.2) is 0 Å². The summed E-state index contributed by atoms with van der Waals surface area (Å²) in [7, 11) is 0. The van der Waals surface area contributed by atoms with Gasteiger partial charge in [0.15, 0.2) is 0 Å². The maximum absolute atomic E-state index is 6.04. The van der Waals surface area contributed by atoms with E-state index in [9.17, 15) is 0 Å². The number of hydrogen-bond donors (Lipinski definition) is 0. The number of hydrogen-bond acceptors (Lipinski definition) is 2. The van der Waals surface area contributed by atoms with Crippen LogP contribution in [0.5, 0.6) is 5.75 Å². The Labute approximate surface area is 144 Å². The molecule has 1 aliphatic heterocycles. The summed E-state index contributed by atoms with van der Waals surface area (Å²) in [6.45, 7) is 6.31. The molecule has 1 fully saturated rings. The first-order chi connectivity index (χ1) is 11.2. The van der Waals surface area contributed by atoms with Gasteiger partial charge in [-0.3, -0.25) is 0 Å². The second kappa shape index (κ2) is 7.85. The maximum Gasteiger partial charge on any atom is 0.119 e. The first-order valence-electron chi connectivity index (χ1n) is 8.35. The van der Waals surface area contributed by atoms with Gasteiger partial charge in [-0.2, -0.15) is 0 Å². The highest BCUT2D eigenvalue weighted by atomic mass is 35.5. The molecule has 2 nitrogen and oxygen atoms in total. The fourth-order valence-corrected chi connectivity index (χ4v) is 3.29. The van der Waals surface area contributed by atoms with Gasteiger partial charge >= 0.3 is 0 Å². The van der Waals surface area contributed by atoms with Crippen molar-refractivity contribution in [2.45, 2.75) is 19.8 Å². The summed E-state index contributed by atoms with van der Waals surface area (Å²) >= 11 is 6.04. The summed E-state index contributed by atoms with van der Waals surface area (Å²) in [4.78, 5) is 2.53. The van der Waals surface area contributed by atoms with Gasteiger partial charge in [0.2, 0.25) is 0 Å². The molecule has 0 saturated carbocycles. The second-order valence-corrected chi connectivity index (χ2v) is 6.90. The molecule has 1 unspecified atom stereocenters. The lowest BCUT2D eigenvalue weighted by Gasteiger charge is -2.16. The van der Waals surface area contributed by atoms with E-state index in [-0.39, 0.29) is 0 Å². The molecule has 0 bridgehead atoms. The van der Waals surface area contributed by atoms with Crippen molar-refractivity contribution in [3.63, 3.8) is 0 Å². The third kappa shape index (κ3) is 4.98. The average Bonchev–Trinajstić information content (AvgIpc) is 3.00. The quantitative estimate of drug-likeness (QED) is 0.768. The molecule has 0 radical (unpaired) electrons. The van der Waals surface area contributed by atoms with Crippen LogP contribution in [0.25, 0.3) is 0 Å². The van der Waals surface area contributed by atoms with Gasteiger partial charge in [0.25, 0.3) is 0 Å². The van der Waals surface area contributed by atoms with E-state index >= 15 is 0 Å². The van der Waals surface area contributed by atoms with Gasteiger partial charge in [0.1, 0.15) is 5.75 Å². The number of rotatable bonds is 6. The number of benzene rings is 2. The third-order valence-electron chi connectivity index (χ3n) is 4.48. The normalized spacial score (nSPS) is 18.3. The topological polar surface area (TPSA) is 12.5 Å². The standard InChI is InChI=1S/C20H24ClNO/c1-16-5-7-20(8-6-16)23-15-18-10-12-22(14-18)11-9-17-3-2-4-19(21)13-17/h2-8,13,18H,9-12,14-15H2,1H3. The van der Waals surface area contributed by atoms with Crippen molar-refractivity contribution in [2.75, 3.05) is 26.2 Å². The molecule has 0 amide bonds. The van der Waals surface area contributed by atoms with Crippen molar-refractivity contribution in [1.29, 1.82) is 0 Å². The monoisotopic (exact) mass is 329 g/mol. The van der Waals surface area contributed by atoms with Gasteiger partial charge in [0, 0.05) is 24.0 Å². The third-order valence-corrected chi connectivity index (χ3v) is 4.72. The van der Waals surface area contributed by atoms with Crippen molar-refractivity contribution in [2.24, 2.45) is 5.92 Å². The van der Waals surface area contributed by atoms with Crippen LogP contribution in [0.3, 0.4) is 0 Å². The van der Waals surface area contributed by atoms with Crippen LogP contribution in [0.1, 0.15) is 17.5 Å². The fraction of sp³-hybridized carbons (Fsp3) is 0.400. The predicted molar refractivity (Wildman–Crippen MR) is 96.4 cm³/mol. The summed E-state index contributed by atoms with van der Waals surface area (Å²) < 4.78 is 5.93. The molecule has 1 heterocycles. The van der Waals surface area contributed by atoms with E-state index in [0.717, 1.165) is 36.9 Å². The molecule has 3 heteroatoms. The molecule has 1 saturated heterocycles. The Bertz CT molecular complexity index is 626. The van der Waals surface area contributed by atoms with Crippen molar-refractivity contribution in [3.05, 3.63) is 64.7 Å². The van der Waals surface area contributed by atoms with Crippen LogP contribution < -0.4 is 4.74 Å². The second-order valence-electron chi connectivity index (χ2n) is 6.46. The molecule has 3 rings (SSSR count). The van der Waals surface area contributed by atoms with Gasteiger partial charge in [-0.05, 0) is 56.1 Å². The highest BCUT2D eigenvalue weighted by molar-refractivity contribution is 6.30. The Kier molecular flexibility index (Phi) is 5.58. The lowest BCUT2D eigenvalue weighted by molar-refractivity contribution is 0.241. The van der Waals surface area contributed by atoms with Crippen LogP contribution in [0, 0.1) is 12.8 Å². The Morgan fingerprint density at radius 3 is 2.78 bits per heavy atom. The molecule has 0 aromatic heterocycles. The molecule has 1 aliphatic rings. The number of aryl methyl sites for hydroxylation is 1. The fourth-order valence-electron chi connectivity index (χ4n) is 3.08. The minimum absolute atomic E-state index is 0.635. The summed E-state index contributed by atoms with van der Waals surface area (Å²) in [5.41, 5.74) is 2.59. The van der Waals surface area contributed by atoms with Crippen LogP contribution in [0.15, 0.2) is 48.5 Å². The zero-order valence-electron chi connectivity index (χ0n) is 13.7. The van der Waals surface area contributed by atoms with E-state index in [0.29, 0.717) is 5.92 Å². The Morgan fingerprint density at radius 1 is 1.17 bits per heavy atom. The summed E-state index contributed by atoms with van der Waals surface area (Å²) in [5, 5.41) is 0.827. The summed E-state index contributed by atoms with van der Waals surface area (Å²) in [6.07, 6.45) is 2.29. The van der Waals surface area contributed by atoms with E-state index in [1.807, 2.05) is 12.1 Å². The highest BCUT2D eigenvalue weighted by Gasteiger charge is 2.22. The van der Waals surface area contributed by atoms with E-state index < -0.39 is 0 Å². The molecule has 2 aromatic rings. The van der Waals surface area contributed by atoms with Crippen LogP contribution in [-0.4, -0.2) is 31.1 Å². The molecule has 1 atom stereocenters. The van der Waals surface area contributed by atoms with E-state index in [1.165, 1.54) is 24.1 Å². The van der Waals surface area contributed by atoms with Crippen molar-refractivity contribution >= 4 is 11.6 Å². The minimum atomic E-state index is 0.635. The first kappa shape index (κ1) is 16.4. The van der Waals surface area contributed by atoms with Crippen molar-refractivity contribution in [1.82, 2.24) is 4.90 Å². The van der Waals surface area contributed by atoms with Gasteiger partial charge in [-0.1, -0.05) is 41.4 Å². The van der Waals surface area contributed by atoms with E-state index in [2.05, 4.69) is 48.2 Å². The summed E-state index contributed by atoms with van der Waals surface area (Å²) in [6, 6.07) is 16.5. The van der Waals surface area contributed by atoms with Crippen molar-refractivity contribution in [3.8, 4) is 5.75 Å². The number of ether oxygens (including phenoxy) is 1. The predicted octanol–water partition coefficient (Wildman–Crippen LogP) is 4.59. The van der Waals surface area contributed by atoms with Crippen molar-refractivity contribution < 1.29 is 4.74 Å². The molecular formula is C20H24ClNO. The Morgan fingerprint density at radius 2 is 2.00 bits per heavy atom. The summed E-state index contributed by atoms with van der Waals surface area (Å²) in [5.74, 6) is 1.61. The number of likely N-dealkylation sites (tertiary alicyclic amines) is 1. The molecule has 0 N–H and O–H groups in total. The Balaban J connectivity index is 1.41. The number of nitrogens with zero attached hydrogens (tertiary/aromatic N) is 1. The van der Waals surface area contributed by atoms with Crippen LogP contribution in [0.2, 0.25) is 5.02 Å². The van der Waals surface area contributed by atoms with Crippen LogP contribution in [-0.2, 0) is 6.42 Å². The van der Waals surface area contributed by atoms with Crippen LogP contribution in [0.4, 0.5) is 0 Å². The smallest absolute Gasteiger partial charge is 0.119 e. The average molecular weight is 330 g/mol. The first-order valence-corrected chi connectivity index (χ1v) is 8.73.